The van der Waals surface area contributed by atoms with Gasteiger partial charge >= 0.3 is 0 Å². The highest BCUT2D eigenvalue weighted by molar-refractivity contribution is 5.76. The van der Waals surface area contributed by atoms with Gasteiger partial charge in [0.1, 0.15) is 0 Å². The van der Waals surface area contributed by atoms with E-state index in [1.54, 1.807) is 6.08 Å². The van der Waals surface area contributed by atoms with Crippen LogP contribution >= 0.6 is 0 Å². The van der Waals surface area contributed by atoms with E-state index in [0.717, 1.165) is 51.4 Å². The molecule has 0 aromatic rings. The highest BCUT2D eigenvalue weighted by Crippen LogP contribution is 2.19. The number of carbonyl (C=O) groups excluding carboxylic acids is 1. The molecule has 0 aliphatic rings. The fourth-order valence-corrected chi connectivity index (χ4v) is 11.4. The van der Waals surface area contributed by atoms with Crippen LogP contribution in [0, 0.1) is 0 Å². The van der Waals surface area contributed by atoms with Crippen molar-refractivity contribution in [3.05, 3.63) is 60.8 Å². The number of aliphatic hydroxyl groups is 2. The summed E-state index contributed by atoms with van der Waals surface area (Å²) in [4.78, 5) is 12.5. The average molecular weight is 1100 g/mol. The molecule has 0 saturated heterocycles. The number of nitrogens with one attached hydrogen (secondary N) is 1. The summed E-state index contributed by atoms with van der Waals surface area (Å²) in [5.74, 6) is -0.0557. The fourth-order valence-electron chi connectivity index (χ4n) is 11.4. The standard InChI is InChI=1S/C75H141NO3/c1-3-5-7-9-11-13-15-17-19-21-23-25-27-29-31-33-34-35-36-37-38-39-40-41-42-43-45-47-49-51-53-55-57-59-61-63-65-67-69-71-75(79)76-73(72-77)74(78)70-68-66-64-62-60-58-56-54-52-50-48-46-44-32-30-28-26-24-22-20-18-16-14-12-10-8-6-4-2/h5,7,11,13,17,19,23,25,68,70,73-74,77-78H,3-4,6,8-10,12,14-16,18,20-22,24,26-67,69,71-72H2,1-2H3,(H,76,79)/b7-5-,13-11-,19-17-,25-23-,70-68+. The van der Waals surface area contributed by atoms with E-state index < -0.39 is 12.1 Å². The Kier molecular flexibility index (Phi) is 68.7. The summed E-state index contributed by atoms with van der Waals surface area (Å²) in [5.41, 5.74) is 0. The molecule has 4 heteroatoms. The maximum absolute atomic E-state index is 12.5. The molecule has 1 amide bonds. The maximum Gasteiger partial charge on any atom is 0.220 e. The lowest BCUT2D eigenvalue weighted by Crippen LogP contribution is -2.45. The van der Waals surface area contributed by atoms with Crippen molar-refractivity contribution in [1.82, 2.24) is 5.32 Å². The third kappa shape index (κ3) is 66.8. The van der Waals surface area contributed by atoms with E-state index in [0.29, 0.717) is 6.42 Å². The van der Waals surface area contributed by atoms with E-state index in [1.165, 1.54) is 321 Å². The molecule has 4 nitrogen and oxygen atoms in total. The summed E-state index contributed by atoms with van der Waals surface area (Å²) in [6.45, 7) is 4.24. The molecule has 0 saturated carbocycles. The SMILES string of the molecule is CC/C=C\C/C=C\C/C=C\C/C=C\CCCCCCCCCCCCCCCCCCCCCCCCCCCCC(=O)NC(CO)C(O)/C=C/CCCCCCCCCCCCCCCCCCCCCCCCCCCC. The van der Waals surface area contributed by atoms with Crippen molar-refractivity contribution < 1.29 is 15.0 Å². The van der Waals surface area contributed by atoms with Crippen LogP contribution in [0.15, 0.2) is 60.8 Å². The number of rotatable bonds is 67. The highest BCUT2D eigenvalue weighted by Gasteiger charge is 2.18. The third-order valence-electron chi connectivity index (χ3n) is 16.8. The molecule has 0 bridgehead atoms. The van der Waals surface area contributed by atoms with Gasteiger partial charge in [-0.2, -0.15) is 0 Å². The zero-order valence-electron chi connectivity index (χ0n) is 53.7. The van der Waals surface area contributed by atoms with Gasteiger partial charge in [-0.05, 0) is 57.8 Å². The summed E-state index contributed by atoms with van der Waals surface area (Å²) in [6.07, 6.45) is 100. The van der Waals surface area contributed by atoms with Crippen molar-refractivity contribution in [3.8, 4) is 0 Å². The zero-order chi connectivity index (χ0) is 56.9. The first-order valence-electron chi connectivity index (χ1n) is 36.0. The normalized spacial score (nSPS) is 13.0. The van der Waals surface area contributed by atoms with Crippen LogP contribution in [0.3, 0.4) is 0 Å². The van der Waals surface area contributed by atoms with Crippen LogP contribution in [0.1, 0.15) is 393 Å². The number of amides is 1. The predicted molar refractivity (Wildman–Crippen MR) is 354 cm³/mol. The Morgan fingerprint density at radius 3 is 0.835 bits per heavy atom. The Hall–Kier alpha value is -1.91. The Morgan fingerprint density at radius 1 is 0.316 bits per heavy atom. The quantitative estimate of drug-likeness (QED) is 0.0420. The van der Waals surface area contributed by atoms with Crippen LogP contribution < -0.4 is 5.32 Å². The molecular formula is C75H141NO3. The average Bonchev–Trinajstić information content (AvgIpc) is 3.45. The Labute approximate surface area is 496 Å². The van der Waals surface area contributed by atoms with Gasteiger partial charge in [0.05, 0.1) is 18.8 Å². The van der Waals surface area contributed by atoms with Crippen LogP contribution in [0.4, 0.5) is 0 Å². The second-order valence-corrected chi connectivity index (χ2v) is 24.6. The predicted octanol–water partition coefficient (Wildman–Crippen LogP) is 24.7. The van der Waals surface area contributed by atoms with Crippen LogP contribution in [0.5, 0.6) is 0 Å². The lowest BCUT2D eigenvalue weighted by Gasteiger charge is -2.20. The van der Waals surface area contributed by atoms with Gasteiger partial charge in [0, 0.05) is 6.42 Å². The Morgan fingerprint density at radius 2 is 0.557 bits per heavy atom. The molecule has 0 fully saturated rings. The molecule has 0 rings (SSSR count). The Bertz CT molecular complexity index is 1300. The van der Waals surface area contributed by atoms with Gasteiger partial charge in [-0.25, -0.2) is 0 Å². The van der Waals surface area contributed by atoms with Gasteiger partial charge in [0.25, 0.3) is 0 Å². The number of aliphatic hydroxyl groups excluding tert-OH is 2. The van der Waals surface area contributed by atoms with E-state index in [1.807, 2.05) is 6.08 Å². The van der Waals surface area contributed by atoms with E-state index in [2.05, 4.69) is 67.8 Å². The number of hydrogen-bond donors (Lipinski definition) is 3. The van der Waals surface area contributed by atoms with Gasteiger partial charge < -0.3 is 15.5 Å². The number of allylic oxidation sites excluding steroid dienone is 9. The van der Waals surface area contributed by atoms with Gasteiger partial charge in [-0.15, -0.1) is 0 Å². The maximum atomic E-state index is 12.5. The zero-order valence-corrected chi connectivity index (χ0v) is 53.7. The second kappa shape index (κ2) is 70.4. The van der Waals surface area contributed by atoms with Crippen molar-refractivity contribution in [2.45, 2.75) is 405 Å². The minimum absolute atomic E-state index is 0.0557. The first-order valence-corrected chi connectivity index (χ1v) is 36.0. The largest absolute Gasteiger partial charge is 0.394 e. The van der Waals surface area contributed by atoms with Gasteiger partial charge in [0.2, 0.25) is 5.91 Å². The van der Waals surface area contributed by atoms with Crippen LogP contribution in [-0.2, 0) is 4.79 Å². The summed E-state index contributed by atoms with van der Waals surface area (Å²) in [5, 5.41) is 23.3. The summed E-state index contributed by atoms with van der Waals surface area (Å²) in [7, 11) is 0. The number of carbonyl (C=O) groups is 1. The lowest BCUT2D eigenvalue weighted by molar-refractivity contribution is -0.123. The molecule has 0 spiro atoms. The molecule has 0 aliphatic carbocycles. The molecular weight excluding hydrogens is 963 g/mol. The van der Waals surface area contributed by atoms with E-state index in [-0.39, 0.29) is 12.5 Å². The number of unbranched alkanes of at least 4 members (excludes halogenated alkanes) is 52. The van der Waals surface area contributed by atoms with Crippen molar-refractivity contribution in [1.29, 1.82) is 0 Å². The molecule has 0 aliphatic heterocycles. The van der Waals surface area contributed by atoms with Crippen LogP contribution in [0.2, 0.25) is 0 Å². The molecule has 2 unspecified atom stereocenters. The van der Waals surface area contributed by atoms with E-state index >= 15 is 0 Å². The minimum Gasteiger partial charge on any atom is -0.394 e. The Balaban J connectivity index is 3.40. The van der Waals surface area contributed by atoms with E-state index in [4.69, 9.17) is 0 Å². The van der Waals surface area contributed by atoms with Crippen molar-refractivity contribution in [2.24, 2.45) is 0 Å². The minimum atomic E-state index is -0.840. The molecule has 2 atom stereocenters. The monoisotopic (exact) mass is 1100 g/mol. The second-order valence-electron chi connectivity index (χ2n) is 24.6. The smallest absolute Gasteiger partial charge is 0.220 e. The van der Waals surface area contributed by atoms with Gasteiger partial charge in [-0.1, -0.05) is 389 Å². The van der Waals surface area contributed by atoms with Crippen molar-refractivity contribution in [3.63, 3.8) is 0 Å². The molecule has 0 radical (unpaired) electrons. The summed E-state index contributed by atoms with van der Waals surface area (Å²) < 4.78 is 0. The summed E-state index contributed by atoms with van der Waals surface area (Å²) in [6, 6.07) is -0.623. The van der Waals surface area contributed by atoms with Crippen molar-refractivity contribution >= 4 is 5.91 Å². The summed E-state index contributed by atoms with van der Waals surface area (Å²) >= 11 is 0. The van der Waals surface area contributed by atoms with Crippen LogP contribution in [-0.4, -0.2) is 34.9 Å². The van der Waals surface area contributed by atoms with Gasteiger partial charge in [-0.3, -0.25) is 4.79 Å². The lowest BCUT2D eigenvalue weighted by atomic mass is 10.0. The molecule has 79 heavy (non-hydrogen) atoms. The first kappa shape index (κ1) is 77.1. The number of hydrogen-bond acceptors (Lipinski definition) is 3. The highest BCUT2D eigenvalue weighted by atomic mass is 16.3. The molecule has 0 aromatic heterocycles. The molecule has 3 N–H and O–H groups in total. The van der Waals surface area contributed by atoms with Crippen LogP contribution in [0.25, 0.3) is 0 Å². The molecule has 0 aromatic carbocycles. The fraction of sp³-hybridized carbons (Fsp3) is 0.853. The van der Waals surface area contributed by atoms with E-state index in [9.17, 15) is 15.0 Å². The van der Waals surface area contributed by atoms with Gasteiger partial charge in [0.15, 0.2) is 0 Å². The molecule has 0 heterocycles. The van der Waals surface area contributed by atoms with Crippen molar-refractivity contribution in [2.75, 3.05) is 6.61 Å². The first-order chi connectivity index (χ1) is 39.2. The topological polar surface area (TPSA) is 69.6 Å². The molecule has 464 valence electrons. The third-order valence-corrected chi connectivity index (χ3v) is 16.8.